The molecule has 2 aromatic carbocycles. The second kappa shape index (κ2) is 8.00. The van der Waals surface area contributed by atoms with Gasteiger partial charge in [-0.3, -0.25) is 4.79 Å². The normalized spacial score (nSPS) is 14.8. The lowest BCUT2D eigenvalue weighted by atomic mass is 10.1. The summed E-state index contributed by atoms with van der Waals surface area (Å²) in [7, 11) is 2.97. The lowest BCUT2D eigenvalue weighted by Crippen LogP contribution is -2.49. The Bertz CT molecular complexity index is 825. The van der Waals surface area contributed by atoms with Crippen LogP contribution in [0.25, 0.3) is 0 Å². The highest BCUT2D eigenvalue weighted by atomic mass is 19.4. The Kier molecular flexibility index (Phi) is 5.67. The number of rotatable bonds is 4. The molecule has 0 saturated carbocycles. The van der Waals surface area contributed by atoms with Crippen molar-refractivity contribution in [2.45, 2.75) is 6.18 Å². The molecular formula is C20H21F3N2O3. The lowest BCUT2D eigenvalue weighted by molar-refractivity contribution is -0.137. The van der Waals surface area contributed by atoms with Gasteiger partial charge in [-0.15, -0.1) is 0 Å². The van der Waals surface area contributed by atoms with Crippen molar-refractivity contribution in [3.05, 3.63) is 53.6 Å². The van der Waals surface area contributed by atoms with Crippen LogP contribution in [0, 0.1) is 0 Å². The fraction of sp³-hybridized carbons (Fsp3) is 0.350. The van der Waals surface area contributed by atoms with Crippen LogP contribution in [0.5, 0.6) is 11.5 Å². The maximum absolute atomic E-state index is 13.0. The average Bonchev–Trinajstić information content (AvgIpc) is 2.72. The van der Waals surface area contributed by atoms with Crippen LogP contribution < -0.4 is 14.4 Å². The first-order valence-corrected chi connectivity index (χ1v) is 8.77. The van der Waals surface area contributed by atoms with Gasteiger partial charge in [-0.1, -0.05) is 12.1 Å². The molecule has 1 aliphatic rings. The summed E-state index contributed by atoms with van der Waals surface area (Å²) in [5, 5.41) is 0. The van der Waals surface area contributed by atoms with Crippen LogP contribution in [0.4, 0.5) is 18.9 Å². The van der Waals surface area contributed by atoms with Gasteiger partial charge in [-0.05, 0) is 30.3 Å². The lowest BCUT2D eigenvalue weighted by Gasteiger charge is -2.36. The third-order valence-electron chi connectivity index (χ3n) is 4.75. The largest absolute Gasteiger partial charge is 0.496 e. The first-order chi connectivity index (χ1) is 13.3. The van der Waals surface area contributed by atoms with Crippen LogP contribution in [-0.2, 0) is 6.18 Å². The van der Waals surface area contributed by atoms with Crippen molar-refractivity contribution in [2.24, 2.45) is 0 Å². The van der Waals surface area contributed by atoms with Crippen LogP contribution in [0.2, 0.25) is 0 Å². The number of hydrogen-bond donors (Lipinski definition) is 0. The van der Waals surface area contributed by atoms with E-state index in [2.05, 4.69) is 0 Å². The number of amides is 1. The fourth-order valence-corrected chi connectivity index (χ4v) is 3.27. The number of ether oxygens (including phenoxy) is 2. The number of piperazine rings is 1. The highest BCUT2D eigenvalue weighted by Gasteiger charge is 2.32. The molecule has 0 N–H and O–H groups in total. The van der Waals surface area contributed by atoms with E-state index in [1.807, 2.05) is 4.90 Å². The zero-order chi connectivity index (χ0) is 20.3. The molecule has 28 heavy (non-hydrogen) atoms. The van der Waals surface area contributed by atoms with E-state index >= 15 is 0 Å². The van der Waals surface area contributed by atoms with Crippen molar-refractivity contribution in [3.8, 4) is 11.5 Å². The highest BCUT2D eigenvalue weighted by molar-refractivity contribution is 5.99. The molecule has 150 valence electrons. The maximum Gasteiger partial charge on any atom is 0.416 e. The molecule has 2 aromatic rings. The number of hydrogen-bond acceptors (Lipinski definition) is 4. The Balaban J connectivity index is 1.74. The van der Waals surface area contributed by atoms with Gasteiger partial charge in [0.15, 0.2) is 0 Å². The van der Waals surface area contributed by atoms with Crippen LogP contribution in [0.3, 0.4) is 0 Å². The van der Waals surface area contributed by atoms with E-state index in [-0.39, 0.29) is 5.91 Å². The average molecular weight is 394 g/mol. The topological polar surface area (TPSA) is 42.0 Å². The molecule has 0 atom stereocenters. The third-order valence-corrected chi connectivity index (χ3v) is 4.75. The van der Waals surface area contributed by atoms with Gasteiger partial charge in [0.25, 0.3) is 5.91 Å². The zero-order valence-electron chi connectivity index (χ0n) is 15.6. The molecule has 0 spiro atoms. The number of methoxy groups -OCH3 is 2. The Morgan fingerprint density at radius 3 is 2.04 bits per heavy atom. The first-order valence-electron chi connectivity index (χ1n) is 8.77. The van der Waals surface area contributed by atoms with Gasteiger partial charge in [0.05, 0.1) is 19.8 Å². The molecule has 0 bridgehead atoms. The van der Waals surface area contributed by atoms with E-state index in [0.717, 1.165) is 12.1 Å². The van der Waals surface area contributed by atoms with Gasteiger partial charge < -0.3 is 19.3 Å². The smallest absolute Gasteiger partial charge is 0.416 e. The van der Waals surface area contributed by atoms with Crippen LogP contribution >= 0.6 is 0 Å². The minimum Gasteiger partial charge on any atom is -0.496 e. The quantitative estimate of drug-likeness (QED) is 0.793. The van der Waals surface area contributed by atoms with Crippen molar-refractivity contribution in [1.82, 2.24) is 4.90 Å². The molecule has 3 rings (SSSR count). The summed E-state index contributed by atoms with van der Waals surface area (Å²) >= 11 is 0. The van der Waals surface area contributed by atoms with Gasteiger partial charge in [0.1, 0.15) is 17.1 Å². The zero-order valence-corrected chi connectivity index (χ0v) is 15.6. The molecule has 1 aliphatic heterocycles. The minimum absolute atomic E-state index is 0.224. The third kappa shape index (κ3) is 4.00. The maximum atomic E-state index is 13.0. The molecule has 1 heterocycles. The van der Waals surface area contributed by atoms with Crippen molar-refractivity contribution < 1.29 is 27.4 Å². The van der Waals surface area contributed by atoms with Crippen molar-refractivity contribution in [3.63, 3.8) is 0 Å². The summed E-state index contributed by atoms with van der Waals surface area (Å²) in [4.78, 5) is 16.5. The Labute approximate surface area is 161 Å². The number of anilines is 1. The molecular weight excluding hydrogens is 373 g/mol. The predicted molar refractivity (Wildman–Crippen MR) is 99.1 cm³/mol. The van der Waals surface area contributed by atoms with Crippen LogP contribution in [0.15, 0.2) is 42.5 Å². The Morgan fingerprint density at radius 1 is 0.929 bits per heavy atom. The number of benzene rings is 2. The molecule has 1 saturated heterocycles. The number of nitrogens with zero attached hydrogens (tertiary/aromatic N) is 2. The monoisotopic (exact) mass is 394 g/mol. The van der Waals surface area contributed by atoms with Gasteiger partial charge in [-0.25, -0.2) is 0 Å². The molecule has 0 aromatic heterocycles. The summed E-state index contributed by atoms with van der Waals surface area (Å²) in [6.07, 6.45) is -4.38. The van der Waals surface area contributed by atoms with Gasteiger partial charge >= 0.3 is 6.18 Å². The number of carbonyl (C=O) groups excluding carboxylic acids is 1. The van der Waals surface area contributed by atoms with Gasteiger partial charge in [-0.2, -0.15) is 13.2 Å². The summed E-state index contributed by atoms with van der Waals surface area (Å²) in [5.41, 5.74) is 0.166. The molecule has 1 amide bonds. The molecule has 1 fully saturated rings. The molecule has 0 unspecified atom stereocenters. The number of alkyl halides is 3. The summed E-state index contributed by atoms with van der Waals surface area (Å²) in [6.45, 7) is 1.64. The minimum atomic E-state index is -4.38. The van der Waals surface area contributed by atoms with Gasteiger partial charge in [0.2, 0.25) is 0 Å². The first kappa shape index (κ1) is 19.9. The van der Waals surface area contributed by atoms with Crippen LogP contribution in [0.1, 0.15) is 15.9 Å². The van der Waals surface area contributed by atoms with E-state index in [1.54, 1.807) is 29.2 Å². The highest BCUT2D eigenvalue weighted by Crippen LogP contribution is 2.33. The fourth-order valence-electron chi connectivity index (χ4n) is 3.27. The Hall–Kier alpha value is -2.90. The van der Waals surface area contributed by atoms with Crippen molar-refractivity contribution in [1.29, 1.82) is 0 Å². The summed E-state index contributed by atoms with van der Waals surface area (Å²) in [5.74, 6) is 0.618. The van der Waals surface area contributed by atoms with E-state index in [4.69, 9.17) is 9.47 Å². The Morgan fingerprint density at radius 2 is 1.50 bits per heavy atom. The second-order valence-electron chi connectivity index (χ2n) is 6.36. The van der Waals surface area contributed by atoms with E-state index in [0.29, 0.717) is 48.9 Å². The number of carbonyl (C=O) groups is 1. The SMILES string of the molecule is COc1cccc(OC)c1C(=O)N1CCN(c2cccc(C(F)(F)F)c2)CC1. The van der Waals surface area contributed by atoms with E-state index in [9.17, 15) is 18.0 Å². The summed E-state index contributed by atoms with van der Waals surface area (Å²) in [6, 6.07) is 10.4. The van der Waals surface area contributed by atoms with Crippen LogP contribution in [-0.4, -0.2) is 51.2 Å². The van der Waals surface area contributed by atoms with E-state index < -0.39 is 11.7 Å². The predicted octanol–water partition coefficient (Wildman–Crippen LogP) is 3.69. The van der Waals surface area contributed by atoms with E-state index in [1.165, 1.54) is 20.3 Å². The molecule has 0 radical (unpaired) electrons. The van der Waals surface area contributed by atoms with Gasteiger partial charge in [0, 0.05) is 31.9 Å². The standard InChI is InChI=1S/C20H21F3N2O3/c1-27-16-7-4-8-17(28-2)18(16)19(26)25-11-9-24(10-12-25)15-6-3-5-14(13-15)20(21,22)23/h3-8,13H,9-12H2,1-2H3. The molecule has 5 nitrogen and oxygen atoms in total. The molecule has 0 aliphatic carbocycles. The second-order valence-corrected chi connectivity index (χ2v) is 6.36. The summed E-state index contributed by atoms with van der Waals surface area (Å²) < 4.78 is 49.4. The van der Waals surface area contributed by atoms with Crippen molar-refractivity contribution >= 4 is 11.6 Å². The van der Waals surface area contributed by atoms with Crippen molar-refractivity contribution in [2.75, 3.05) is 45.3 Å². The molecule has 8 heteroatoms. The number of halogens is 3.